The van der Waals surface area contributed by atoms with E-state index in [4.69, 9.17) is 5.73 Å². The van der Waals surface area contributed by atoms with Crippen LogP contribution in [0.3, 0.4) is 0 Å². The highest BCUT2D eigenvalue weighted by atomic mass is 16.3. The van der Waals surface area contributed by atoms with Crippen LogP contribution in [0.4, 0.5) is 17.2 Å². The van der Waals surface area contributed by atoms with Crippen molar-refractivity contribution in [2.45, 2.75) is 6.92 Å². The first-order chi connectivity index (χ1) is 9.63. The molecule has 0 aliphatic rings. The van der Waals surface area contributed by atoms with E-state index in [2.05, 4.69) is 16.4 Å². The normalized spacial score (nSPS) is 10.7. The Balaban J connectivity index is 2.09. The molecule has 0 amide bonds. The number of anilines is 3. The Morgan fingerprint density at radius 2 is 1.80 bits per heavy atom. The van der Waals surface area contributed by atoms with Crippen LogP contribution in [0.5, 0.6) is 5.75 Å². The van der Waals surface area contributed by atoms with E-state index in [-0.39, 0.29) is 5.75 Å². The molecule has 0 atom stereocenters. The minimum atomic E-state index is 0.238. The number of aryl methyl sites for hydroxylation is 1. The number of pyridine rings is 1. The summed E-state index contributed by atoms with van der Waals surface area (Å²) in [5, 5.41) is 14.5. The molecule has 0 aliphatic carbocycles. The fraction of sp³-hybridized carbons (Fsp3) is 0.0625. The lowest BCUT2D eigenvalue weighted by molar-refractivity contribution is 0.475. The molecule has 1 aromatic heterocycles. The monoisotopic (exact) mass is 265 g/mol. The Morgan fingerprint density at radius 3 is 2.55 bits per heavy atom. The lowest BCUT2D eigenvalue weighted by Gasteiger charge is -2.11. The number of phenolic OH excluding ortho intramolecular Hbond substituents is 1. The van der Waals surface area contributed by atoms with Crippen molar-refractivity contribution in [3.05, 3.63) is 54.2 Å². The third-order valence-corrected chi connectivity index (χ3v) is 3.19. The summed E-state index contributed by atoms with van der Waals surface area (Å²) in [6.45, 7) is 2.01. The van der Waals surface area contributed by atoms with Gasteiger partial charge in [0.25, 0.3) is 0 Å². The number of nitrogen functional groups attached to an aromatic ring is 1. The summed E-state index contributed by atoms with van der Waals surface area (Å²) in [4.78, 5) is 4.38. The number of rotatable bonds is 2. The largest absolute Gasteiger partial charge is 0.508 e. The molecule has 0 fully saturated rings. The second-order valence-corrected chi connectivity index (χ2v) is 4.78. The van der Waals surface area contributed by atoms with Gasteiger partial charge in [0.05, 0.1) is 0 Å². The lowest BCUT2D eigenvalue weighted by atomic mass is 10.1. The highest BCUT2D eigenvalue weighted by Crippen LogP contribution is 2.29. The average Bonchev–Trinajstić information content (AvgIpc) is 2.42. The molecule has 0 radical (unpaired) electrons. The molecule has 2 aromatic carbocycles. The van der Waals surface area contributed by atoms with Crippen molar-refractivity contribution in [3.63, 3.8) is 0 Å². The van der Waals surface area contributed by atoms with Gasteiger partial charge < -0.3 is 16.2 Å². The third kappa shape index (κ3) is 2.23. The van der Waals surface area contributed by atoms with Crippen LogP contribution in [0.25, 0.3) is 10.8 Å². The first-order valence-electron chi connectivity index (χ1n) is 6.34. The molecule has 0 saturated carbocycles. The molecule has 0 aliphatic heterocycles. The van der Waals surface area contributed by atoms with Crippen molar-refractivity contribution >= 4 is 28.0 Å². The number of hydrogen-bond donors (Lipinski definition) is 3. The second-order valence-electron chi connectivity index (χ2n) is 4.78. The number of nitrogens with one attached hydrogen (secondary N) is 1. The van der Waals surface area contributed by atoms with E-state index in [1.807, 2.05) is 19.1 Å². The van der Waals surface area contributed by atoms with E-state index in [0.29, 0.717) is 0 Å². The van der Waals surface area contributed by atoms with Gasteiger partial charge in [0, 0.05) is 28.3 Å². The number of fused-ring (bicyclic) bond motifs is 1. The SMILES string of the molecule is Cc1cc(N)c2ccnc(Nc3ccc(O)cc3)c2c1. The predicted octanol–water partition coefficient (Wildman–Crippen LogP) is 3.57. The molecule has 0 saturated heterocycles. The summed E-state index contributed by atoms with van der Waals surface area (Å²) < 4.78 is 0. The fourth-order valence-corrected chi connectivity index (χ4v) is 2.24. The van der Waals surface area contributed by atoms with E-state index in [1.54, 1.807) is 30.5 Å². The molecule has 0 bridgehead atoms. The zero-order valence-electron chi connectivity index (χ0n) is 11.1. The summed E-state index contributed by atoms with van der Waals surface area (Å²) in [5.41, 5.74) is 8.76. The van der Waals surface area contributed by atoms with Crippen LogP contribution in [0, 0.1) is 6.92 Å². The number of benzene rings is 2. The number of aromatic nitrogens is 1. The Labute approximate surface area is 116 Å². The maximum atomic E-state index is 9.31. The standard InChI is InChI=1S/C16H15N3O/c1-10-8-14-13(15(17)9-10)6-7-18-16(14)19-11-2-4-12(20)5-3-11/h2-9,20H,17H2,1H3,(H,18,19). The van der Waals surface area contributed by atoms with Crippen LogP contribution in [0.1, 0.15) is 5.56 Å². The third-order valence-electron chi connectivity index (χ3n) is 3.19. The molecule has 4 nitrogen and oxygen atoms in total. The van der Waals surface area contributed by atoms with Crippen LogP contribution < -0.4 is 11.1 Å². The van der Waals surface area contributed by atoms with Gasteiger partial charge in [-0.1, -0.05) is 0 Å². The topological polar surface area (TPSA) is 71.2 Å². The Morgan fingerprint density at radius 1 is 1.05 bits per heavy atom. The molecular weight excluding hydrogens is 250 g/mol. The van der Waals surface area contributed by atoms with Crippen molar-refractivity contribution in [1.29, 1.82) is 0 Å². The number of nitrogens with zero attached hydrogens (tertiary/aromatic N) is 1. The molecule has 100 valence electrons. The van der Waals surface area contributed by atoms with E-state index >= 15 is 0 Å². The van der Waals surface area contributed by atoms with Gasteiger partial charge in [-0.05, 0) is 55.0 Å². The number of aromatic hydroxyl groups is 1. The highest BCUT2D eigenvalue weighted by molar-refractivity contribution is 6.00. The smallest absolute Gasteiger partial charge is 0.138 e. The van der Waals surface area contributed by atoms with Gasteiger partial charge in [0.2, 0.25) is 0 Å². The molecular formula is C16H15N3O. The number of hydrogen-bond acceptors (Lipinski definition) is 4. The molecule has 3 rings (SSSR count). The van der Waals surface area contributed by atoms with Crippen molar-refractivity contribution in [1.82, 2.24) is 4.98 Å². The van der Waals surface area contributed by atoms with Crippen molar-refractivity contribution in [3.8, 4) is 5.75 Å². The zero-order valence-corrected chi connectivity index (χ0v) is 11.1. The molecule has 4 heteroatoms. The Kier molecular flexibility index (Phi) is 2.91. The van der Waals surface area contributed by atoms with E-state index in [1.165, 1.54) is 0 Å². The van der Waals surface area contributed by atoms with E-state index < -0.39 is 0 Å². The van der Waals surface area contributed by atoms with Crippen molar-refractivity contribution in [2.75, 3.05) is 11.1 Å². The minimum Gasteiger partial charge on any atom is -0.508 e. The van der Waals surface area contributed by atoms with Gasteiger partial charge in [-0.15, -0.1) is 0 Å². The molecule has 4 N–H and O–H groups in total. The number of nitrogens with two attached hydrogens (primary N) is 1. The molecule has 0 unspecified atom stereocenters. The zero-order chi connectivity index (χ0) is 14.1. The summed E-state index contributed by atoms with van der Waals surface area (Å²) in [5.74, 6) is 0.991. The first-order valence-corrected chi connectivity index (χ1v) is 6.34. The van der Waals surface area contributed by atoms with Crippen molar-refractivity contribution < 1.29 is 5.11 Å². The van der Waals surface area contributed by atoms with Gasteiger partial charge >= 0.3 is 0 Å². The van der Waals surface area contributed by atoms with Crippen LogP contribution in [-0.2, 0) is 0 Å². The predicted molar refractivity (Wildman–Crippen MR) is 82.3 cm³/mol. The first kappa shape index (κ1) is 12.3. The summed E-state index contributed by atoms with van der Waals surface area (Å²) in [7, 11) is 0. The lowest BCUT2D eigenvalue weighted by Crippen LogP contribution is -1.96. The minimum absolute atomic E-state index is 0.238. The average molecular weight is 265 g/mol. The fourth-order valence-electron chi connectivity index (χ4n) is 2.24. The summed E-state index contributed by atoms with van der Waals surface area (Å²) >= 11 is 0. The van der Waals surface area contributed by atoms with Crippen LogP contribution in [0.2, 0.25) is 0 Å². The van der Waals surface area contributed by atoms with Gasteiger partial charge in [-0.25, -0.2) is 4.98 Å². The molecule has 1 heterocycles. The van der Waals surface area contributed by atoms with Crippen LogP contribution in [-0.4, -0.2) is 10.1 Å². The Hall–Kier alpha value is -2.75. The van der Waals surface area contributed by atoms with Crippen molar-refractivity contribution in [2.24, 2.45) is 0 Å². The molecule has 20 heavy (non-hydrogen) atoms. The second kappa shape index (κ2) is 4.74. The quantitative estimate of drug-likeness (QED) is 0.489. The Bertz CT molecular complexity index is 767. The van der Waals surface area contributed by atoms with E-state index in [0.717, 1.165) is 33.5 Å². The van der Waals surface area contributed by atoms with Crippen LogP contribution in [0.15, 0.2) is 48.7 Å². The summed E-state index contributed by atoms with van der Waals surface area (Å²) in [6.07, 6.45) is 1.73. The van der Waals surface area contributed by atoms with Gasteiger partial charge in [-0.3, -0.25) is 0 Å². The van der Waals surface area contributed by atoms with Gasteiger partial charge in [-0.2, -0.15) is 0 Å². The maximum Gasteiger partial charge on any atom is 0.138 e. The van der Waals surface area contributed by atoms with Crippen LogP contribution >= 0.6 is 0 Å². The van der Waals surface area contributed by atoms with Gasteiger partial charge in [0.15, 0.2) is 0 Å². The molecule has 3 aromatic rings. The highest BCUT2D eigenvalue weighted by Gasteiger charge is 2.06. The number of phenols is 1. The summed E-state index contributed by atoms with van der Waals surface area (Å²) in [6, 6.07) is 12.8. The van der Waals surface area contributed by atoms with E-state index in [9.17, 15) is 5.11 Å². The van der Waals surface area contributed by atoms with Gasteiger partial charge in [0.1, 0.15) is 11.6 Å². The maximum absolute atomic E-state index is 9.31. The molecule has 0 spiro atoms.